The van der Waals surface area contributed by atoms with Gasteiger partial charge in [-0.3, -0.25) is 0 Å². The van der Waals surface area contributed by atoms with E-state index in [1.165, 1.54) is 0 Å². The van der Waals surface area contributed by atoms with Crippen molar-refractivity contribution in [2.75, 3.05) is 11.5 Å². The molecule has 0 aromatic rings. The maximum absolute atomic E-state index is 12.9. The molecule has 24 heavy (non-hydrogen) atoms. The fourth-order valence-corrected chi connectivity index (χ4v) is 4.47. The lowest BCUT2D eigenvalue weighted by molar-refractivity contribution is -0.282. The summed E-state index contributed by atoms with van der Waals surface area (Å²) in [5.41, 5.74) is 0.508. The summed E-state index contributed by atoms with van der Waals surface area (Å²) in [4.78, 5) is -0.805. The van der Waals surface area contributed by atoms with Crippen LogP contribution in [0.5, 0.6) is 0 Å². The molecule has 0 rings (SSSR count). The molecule has 0 heterocycles. The molecule has 0 bridgehead atoms. The van der Waals surface area contributed by atoms with Crippen molar-refractivity contribution in [2.45, 2.75) is 42.1 Å². The molecule has 1 atom stereocenters. The van der Waals surface area contributed by atoms with E-state index >= 15 is 0 Å². The Bertz CT molecular complexity index is 557. The van der Waals surface area contributed by atoms with E-state index in [2.05, 4.69) is 12.2 Å². The van der Waals surface area contributed by atoms with Gasteiger partial charge in [0, 0.05) is 12.2 Å². The highest BCUT2D eigenvalue weighted by Crippen LogP contribution is 2.40. The summed E-state index contributed by atoms with van der Waals surface area (Å²) in [5.74, 6) is -7.71. The third kappa shape index (κ3) is 6.17. The summed E-state index contributed by atoms with van der Waals surface area (Å²) in [6.45, 7) is 0.799. The molecule has 1 unspecified atom stereocenters. The van der Waals surface area contributed by atoms with E-state index < -0.39 is 73.3 Å². The lowest BCUT2D eigenvalue weighted by Crippen LogP contribution is -2.49. The maximum atomic E-state index is 12.9. The maximum Gasteiger partial charge on any atom is 0.453 e. The van der Waals surface area contributed by atoms with Gasteiger partial charge in [0.05, 0.1) is 10.7 Å². The van der Waals surface area contributed by atoms with Crippen molar-refractivity contribution < 1.29 is 43.5 Å². The molecule has 0 radical (unpaired) electrons. The summed E-state index contributed by atoms with van der Waals surface area (Å²) in [6, 6.07) is 0. The predicted molar refractivity (Wildman–Crippen MR) is 77.7 cm³/mol. The zero-order chi connectivity index (χ0) is 19.6. The molecule has 0 aliphatic carbocycles. The topological polar surface area (TPSA) is 60.2 Å². The van der Waals surface area contributed by atoms with E-state index in [-0.39, 0.29) is 0 Å². The van der Waals surface area contributed by atoms with Crippen LogP contribution in [0.4, 0.5) is 35.1 Å². The van der Waals surface area contributed by atoms with Gasteiger partial charge in [0.25, 0.3) is 0 Å². The third-order valence-corrected chi connectivity index (χ3v) is 7.01. The molecule has 0 amide bonds. The number of alkyl halides is 8. The summed E-state index contributed by atoms with van der Waals surface area (Å²) in [5, 5.41) is 0. The standard InChI is InChI=1S/C10H13F8NO2S3/c1-7(6(19)22,2-4-23-10(16,17)18)24(20,21)5-3-8(11,12)9(13,14)15/h2-5H2,1H3,(H2,19,22). The molecule has 0 spiro atoms. The predicted octanol–water partition coefficient (Wildman–Crippen LogP) is 3.68. The lowest BCUT2D eigenvalue weighted by atomic mass is 10.1. The number of thioether (sulfide) groups is 1. The molecule has 0 saturated heterocycles. The van der Waals surface area contributed by atoms with Gasteiger partial charge in [-0.25, -0.2) is 8.42 Å². The van der Waals surface area contributed by atoms with E-state index in [4.69, 9.17) is 5.73 Å². The van der Waals surface area contributed by atoms with Gasteiger partial charge in [0.1, 0.15) is 4.75 Å². The average Bonchev–Trinajstić information content (AvgIpc) is 2.33. The monoisotopic (exact) mass is 427 g/mol. The smallest absolute Gasteiger partial charge is 0.392 e. The minimum absolute atomic E-state index is 0.586. The Labute approximate surface area is 142 Å². The van der Waals surface area contributed by atoms with Crippen molar-refractivity contribution in [3.8, 4) is 0 Å². The van der Waals surface area contributed by atoms with Crippen molar-refractivity contribution >= 4 is 38.8 Å². The van der Waals surface area contributed by atoms with E-state index in [0.29, 0.717) is 0 Å². The van der Waals surface area contributed by atoms with Crippen LogP contribution in [0.3, 0.4) is 0 Å². The van der Waals surface area contributed by atoms with Crippen molar-refractivity contribution in [3.63, 3.8) is 0 Å². The normalized spacial score (nSPS) is 16.7. The fraction of sp³-hybridized carbons (Fsp3) is 0.900. The lowest BCUT2D eigenvalue weighted by Gasteiger charge is -2.29. The third-order valence-electron chi connectivity index (χ3n) is 3.15. The van der Waals surface area contributed by atoms with Gasteiger partial charge in [-0.05, 0) is 13.3 Å². The number of sulfone groups is 1. The number of halogens is 8. The highest BCUT2D eigenvalue weighted by atomic mass is 32.2. The minimum atomic E-state index is -5.95. The number of hydrogen-bond acceptors (Lipinski definition) is 4. The Morgan fingerprint density at radius 3 is 1.83 bits per heavy atom. The van der Waals surface area contributed by atoms with Crippen LogP contribution < -0.4 is 5.73 Å². The van der Waals surface area contributed by atoms with Crippen LogP contribution in [0.1, 0.15) is 19.8 Å². The molecular weight excluding hydrogens is 414 g/mol. The second-order valence-electron chi connectivity index (χ2n) is 4.91. The van der Waals surface area contributed by atoms with E-state index in [1.807, 2.05) is 0 Å². The van der Waals surface area contributed by atoms with Crippen molar-refractivity contribution in [1.29, 1.82) is 0 Å². The number of nitrogens with two attached hydrogens (primary N) is 1. The molecular formula is C10H13F8NO2S3. The first-order valence-corrected chi connectivity index (χ1v) is 9.08. The first-order chi connectivity index (χ1) is 10.4. The average molecular weight is 427 g/mol. The second-order valence-corrected chi connectivity index (χ2v) is 9.05. The molecule has 0 aliphatic heterocycles. The Hall–Kier alpha value is -0.370. The number of thiocarbonyl (C=S) groups is 1. The van der Waals surface area contributed by atoms with Gasteiger partial charge in [0.2, 0.25) is 0 Å². The summed E-state index contributed by atoms with van der Waals surface area (Å²) in [7, 11) is -4.76. The number of rotatable bonds is 8. The number of hydrogen-bond donors (Lipinski definition) is 1. The summed E-state index contributed by atoms with van der Waals surface area (Å²) in [6.07, 6.45) is -8.82. The van der Waals surface area contributed by atoms with Gasteiger partial charge in [-0.15, -0.1) is 0 Å². The summed E-state index contributed by atoms with van der Waals surface area (Å²) >= 11 is 3.88. The van der Waals surface area contributed by atoms with Crippen LogP contribution in [0, 0.1) is 0 Å². The summed E-state index contributed by atoms with van der Waals surface area (Å²) < 4.78 is 120. The first-order valence-electron chi connectivity index (χ1n) is 6.03. The van der Waals surface area contributed by atoms with Crippen LogP contribution >= 0.6 is 24.0 Å². The van der Waals surface area contributed by atoms with E-state index in [1.54, 1.807) is 0 Å². The molecule has 144 valence electrons. The highest BCUT2D eigenvalue weighted by molar-refractivity contribution is 8.00. The zero-order valence-electron chi connectivity index (χ0n) is 12.0. The van der Waals surface area contributed by atoms with E-state index in [0.717, 1.165) is 6.92 Å². The van der Waals surface area contributed by atoms with Gasteiger partial charge >= 0.3 is 17.6 Å². The highest BCUT2D eigenvalue weighted by Gasteiger charge is 2.58. The van der Waals surface area contributed by atoms with Gasteiger partial charge in [-0.2, -0.15) is 35.1 Å². The second kappa shape index (κ2) is 7.48. The van der Waals surface area contributed by atoms with Crippen molar-refractivity contribution in [3.05, 3.63) is 0 Å². The quantitative estimate of drug-likeness (QED) is 0.473. The van der Waals surface area contributed by atoms with Gasteiger partial charge in [0.15, 0.2) is 9.84 Å². The zero-order valence-corrected chi connectivity index (χ0v) is 14.4. The van der Waals surface area contributed by atoms with Gasteiger partial charge < -0.3 is 5.73 Å². The Morgan fingerprint density at radius 2 is 1.50 bits per heavy atom. The minimum Gasteiger partial charge on any atom is -0.392 e. The Morgan fingerprint density at radius 1 is 1.04 bits per heavy atom. The molecule has 2 N–H and O–H groups in total. The van der Waals surface area contributed by atoms with E-state index in [9.17, 15) is 43.5 Å². The molecule has 3 nitrogen and oxygen atoms in total. The largest absolute Gasteiger partial charge is 0.453 e. The molecule has 0 aromatic heterocycles. The van der Waals surface area contributed by atoms with Gasteiger partial charge in [-0.1, -0.05) is 24.0 Å². The molecule has 0 aromatic carbocycles. The first kappa shape index (κ1) is 23.6. The molecule has 0 aliphatic rings. The molecule has 0 fully saturated rings. The van der Waals surface area contributed by atoms with Crippen molar-refractivity contribution in [1.82, 2.24) is 0 Å². The Kier molecular flexibility index (Phi) is 7.36. The van der Waals surface area contributed by atoms with Crippen LogP contribution in [0.2, 0.25) is 0 Å². The van der Waals surface area contributed by atoms with Crippen LogP contribution in [0.15, 0.2) is 0 Å². The SMILES string of the molecule is CC(CCSC(F)(F)F)(C(N)=S)S(=O)(=O)CCC(F)(F)C(F)(F)F. The van der Waals surface area contributed by atoms with Crippen molar-refractivity contribution in [2.24, 2.45) is 5.73 Å². The van der Waals surface area contributed by atoms with Crippen LogP contribution in [-0.4, -0.2) is 47.3 Å². The van der Waals surface area contributed by atoms with Crippen LogP contribution in [-0.2, 0) is 9.84 Å². The molecule has 0 saturated carbocycles. The Balaban J connectivity index is 5.25. The molecule has 14 heteroatoms. The van der Waals surface area contributed by atoms with Crippen LogP contribution in [0.25, 0.3) is 0 Å². The fourth-order valence-electron chi connectivity index (χ4n) is 1.42.